The quantitative estimate of drug-likeness (QED) is 0.943. The molecule has 2 aromatic carbocycles. The zero-order valence-corrected chi connectivity index (χ0v) is 13.0. The van der Waals surface area contributed by atoms with Gasteiger partial charge in [0.1, 0.15) is 0 Å². The van der Waals surface area contributed by atoms with Crippen molar-refractivity contribution in [3.63, 3.8) is 0 Å². The Hall–Kier alpha value is -1.30. The van der Waals surface area contributed by atoms with Crippen molar-refractivity contribution in [3.05, 3.63) is 53.6 Å². The molecule has 5 heteroatoms. The smallest absolute Gasteiger partial charge is 0.175 e. The standard InChI is InChI=1S/C15H16O3S2/c1-11-9-14(4-3-12(11)10-16)19-13-5-7-15(8-6-13)20(2,17)18/h3-9,16H,10H2,1-2H3. The summed E-state index contributed by atoms with van der Waals surface area (Å²) in [5.74, 6) is 0. The summed E-state index contributed by atoms with van der Waals surface area (Å²) in [5, 5.41) is 9.14. The van der Waals surface area contributed by atoms with E-state index in [0.29, 0.717) is 4.90 Å². The fraction of sp³-hybridized carbons (Fsp3) is 0.200. The van der Waals surface area contributed by atoms with Crippen molar-refractivity contribution in [3.8, 4) is 0 Å². The fourth-order valence-corrected chi connectivity index (χ4v) is 3.35. The Kier molecular flexibility index (Phi) is 4.52. The minimum Gasteiger partial charge on any atom is -0.392 e. The number of benzene rings is 2. The zero-order chi connectivity index (χ0) is 14.8. The van der Waals surface area contributed by atoms with E-state index in [0.717, 1.165) is 20.9 Å². The molecule has 0 radical (unpaired) electrons. The predicted molar refractivity (Wildman–Crippen MR) is 80.8 cm³/mol. The second-order valence-electron chi connectivity index (χ2n) is 4.59. The lowest BCUT2D eigenvalue weighted by molar-refractivity contribution is 0.281. The molecule has 1 N–H and O–H groups in total. The molecule has 20 heavy (non-hydrogen) atoms. The highest BCUT2D eigenvalue weighted by molar-refractivity contribution is 7.99. The van der Waals surface area contributed by atoms with Gasteiger partial charge < -0.3 is 5.11 Å². The van der Waals surface area contributed by atoms with Gasteiger partial charge in [-0.1, -0.05) is 17.8 Å². The van der Waals surface area contributed by atoms with E-state index >= 15 is 0 Å². The lowest BCUT2D eigenvalue weighted by Crippen LogP contribution is -1.95. The van der Waals surface area contributed by atoms with Gasteiger partial charge in [0.25, 0.3) is 0 Å². The molecular formula is C15H16O3S2. The number of hydrogen-bond donors (Lipinski definition) is 1. The first-order chi connectivity index (χ1) is 9.40. The van der Waals surface area contributed by atoms with Crippen molar-refractivity contribution in [1.82, 2.24) is 0 Å². The number of rotatable bonds is 4. The molecule has 0 saturated heterocycles. The van der Waals surface area contributed by atoms with Crippen LogP contribution in [-0.4, -0.2) is 19.8 Å². The Balaban J connectivity index is 2.20. The van der Waals surface area contributed by atoms with Crippen LogP contribution in [0.3, 0.4) is 0 Å². The molecule has 0 aliphatic carbocycles. The number of aryl methyl sites for hydroxylation is 1. The van der Waals surface area contributed by atoms with Crippen LogP contribution in [-0.2, 0) is 16.4 Å². The van der Waals surface area contributed by atoms with Crippen LogP contribution in [0.5, 0.6) is 0 Å². The van der Waals surface area contributed by atoms with Crippen molar-refractivity contribution in [1.29, 1.82) is 0 Å². The average Bonchev–Trinajstić information content (AvgIpc) is 2.38. The fourth-order valence-electron chi connectivity index (χ4n) is 1.80. The molecule has 0 bridgehead atoms. The average molecular weight is 308 g/mol. The van der Waals surface area contributed by atoms with Gasteiger partial charge in [-0.25, -0.2) is 8.42 Å². The molecule has 0 aliphatic rings. The third-order valence-corrected chi connectivity index (χ3v) is 5.10. The van der Waals surface area contributed by atoms with E-state index < -0.39 is 9.84 Å². The summed E-state index contributed by atoms with van der Waals surface area (Å²) in [5.41, 5.74) is 1.96. The molecule has 0 atom stereocenters. The minimum absolute atomic E-state index is 0.0415. The Morgan fingerprint density at radius 3 is 2.15 bits per heavy atom. The molecular weight excluding hydrogens is 292 g/mol. The van der Waals surface area contributed by atoms with Crippen LogP contribution in [0, 0.1) is 6.92 Å². The second-order valence-corrected chi connectivity index (χ2v) is 7.75. The summed E-state index contributed by atoms with van der Waals surface area (Å²) >= 11 is 1.56. The van der Waals surface area contributed by atoms with E-state index in [1.807, 2.05) is 25.1 Å². The molecule has 0 aromatic heterocycles. The van der Waals surface area contributed by atoms with Crippen molar-refractivity contribution in [2.45, 2.75) is 28.2 Å². The summed E-state index contributed by atoms with van der Waals surface area (Å²) in [6.07, 6.45) is 1.20. The topological polar surface area (TPSA) is 54.4 Å². The predicted octanol–water partition coefficient (Wildman–Crippen LogP) is 3.04. The Morgan fingerprint density at radius 1 is 1.05 bits per heavy atom. The van der Waals surface area contributed by atoms with Gasteiger partial charge in [0, 0.05) is 16.0 Å². The van der Waals surface area contributed by atoms with Crippen LogP contribution in [0.1, 0.15) is 11.1 Å². The maximum Gasteiger partial charge on any atom is 0.175 e. The highest BCUT2D eigenvalue weighted by Gasteiger charge is 2.07. The Morgan fingerprint density at radius 2 is 1.65 bits per heavy atom. The minimum atomic E-state index is -3.15. The van der Waals surface area contributed by atoms with Crippen LogP contribution in [0.2, 0.25) is 0 Å². The lowest BCUT2D eigenvalue weighted by atomic mass is 10.1. The van der Waals surface area contributed by atoms with E-state index in [9.17, 15) is 8.42 Å². The van der Waals surface area contributed by atoms with Crippen molar-refractivity contribution in [2.24, 2.45) is 0 Å². The van der Waals surface area contributed by atoms with Gasteiger partial charge in [-0.3, -0.25) is 0 Å². The molecule has 0 saturated carbocycles. The van der Waals surface area contributed by atoms with Gasteiger partial charge in [0.05, 0.1) is 11.5 Å². The number of sulfone groups is 1. The SMILES string of the molecule is Cc1cc(Sc2ccc(S(C)(=O)=O)cc2)ccc1CO. The Labute approximate surface area is 123 Å². The van der Waals surface area contributed by atoms with Gasteiger partial charge in [-0.15, -0.1) is 0 Å². The van der Waals surface area contributed by atoms with Crippen LogP contribution in [0.25, 0.3) is 0 Å². The van der Waals surface area contributed by atoms with Crippen LogP contribution < -0.4 is 0 Å². The molecule has 3 nitrogen and oxygen atoms in total. The molecule has 0 spiro atoms. The normalized spacial score (nSPS) is 11.6. The highest BCUT2D eigenvalue weighted by atomic mass is 32.2. The van der Waals surface area contributed by atoms with Crippen LogP contribution >= 0.6 is 11.8 Å². The molecule has 0 heterocycles. The summed E-state index contributed by atoms with van der Waals surface area (Å²) in [6, 6.07) is 12.7. The monoisotopic (exact) mass is 308 g/mol. The van der Waals surface area contributed by atoms with E-state index in [-0.39, 0.29) is 6.61 Å². The Bertz CT molecular complexity index is 704. The van der Waals surface area contributed by atoms with Crippen LogP contribution in [0.4, 0.5) is 0 Å². The molecule has 0 fully saturated rings. The summed E-state index contributed by atoms with van der Waals surface area (Å²) < 4.78 is 22.8. The van der Waals surface area contributed by atoms with Crippen molar-refractivity contribution >= 4 is 21.6 Å². The number of aliphatic hydroxyl groups excluding tert-OH is 1. The first-order valence-corrected chi connectivity index (χ1v) is 8.79. The van der Waals surface area contributed by atoms with Gasteiger partial charge in [0.2, 0.25) is 0 Å². The van der Waals surface area contributed by atoms with Gasteiger partial charge in [-0.2, -0.15) is 0 Å². The molecule has 2 rings (SSSR count). The van der Waals surface area contributed by atoms with E-state index in [2.05, 4.69) is 0 Å². The van der Waals surface area contributed by atoms with E-state index in [1.54, 1.807) is 36.0 Å². The summed E-state index contributed by atoms with van der Waals surface area (Å²) in [6.45, 7) is 2.00. The zero-order valence-electron chi connectivity index (χ0n) is 11.3. The van der Waals surface area contributed by atoms with Gasteiger partial charge in [0.15, 0.2) is 9.84 Å². The third kappa shape index (κ3) is 3.62. The molecule has 106 valence electrons. The first kappa shape index (κ1) is 15.1. The molecule has 0 unspecified atom stereocenters. The number of aliphatic hydroxyl groups is 1. The highest BCUT2D eigenvalue weighted by Crippen LogP contribution is 2.29. The first-order valence-electron chi connectivity index (χ1n) is 6.08. The number of hydrogen-bond acceptors (Lipinski definition) is 4. The lowest BCUT2D eigenvalue weighted by Gasteiger charge is -2.07. The maximum atomic E-state index is 11.4. The maximum absolute atomic E-state index is 11.4. The van der Waals surface area contributed by atoms with E-state index in [1.165, 1.54) is 6.26 Å². The van der Waals surface area contributed by atoms with E-state index in [4.69, 9.17) is 5.11 Å². The molecule has 0 amide bonds. The molecule has 0 aliphatic heterocycles. The van der Waals surface area contributed by atoms with Crippen molar-refractivity contribution < 1.29 is 13.5 Å². The van der Waals surface area contributed by atoms with Gasteiger partial charge >= 0.3 is 0 Å². The van der Waals surface area contributed by atoms with Gasteiger partial charge in [-0.05, 0) is 54.4 Å². The van der Waals surface area contributed by atoms with Crippen LogP contribution in [0.15, 0.2) is 57.2 Å². The molecule has 2 aromatic rings. The summed E-state index contributed by atoms with van der Waals surface area (Å²) in [7, 11) is -3.15. The largest absolute Gasteiger partial charge is 0.392 e. The second kappa shape index (κ2) is 5.99. The third-order valence-electron chi connectivity index (χ3n) is 2.97. The summed E-state index contributed by atoms with van der Waals surface area (Å²) in [4.78, 5) is 2.37. The van der Waals surface area contributed by atoms with Crippen molar-refractivity contribution in [2.75, 3.05) is 6.26 Å².